The first-order valence-corrected chi connectivity index (χ1v) is 5.32. The van der Waals surface area contributed by atoms with Crippen LogP contribution in [0, 0.1) is 6.92 Å². The summed E-state index contributed by atoms with van der Waals surface area (Å²) >= 11 is 0. The number of aromatic hydroxyl groups is 2. The van der Waals surface area contributed by atoms with Crippen LogP contribution in [0.2, 0.25) is 0 Å². The molecule has 1 aromatic rings. The van der Waals surface area contributed by atoms with Crippen LogP contribution >= 0.6 is 0 Å². The maximum absolute atomic E-state index is 9.41. The molecular formula is C12H19NO2. The Bertz CT molecular complexity index is 333. The predicted molar refractivity (Wildman–Crippen MR) is 61.1 cm³/mol. The van der Waals surface area contributed by atoms with Crippen molar-refractivity contribution < 1.29 is 10.2 Å². The fourth-order valence-corrected chi connectivity index (χ4v) is 1.58. The Morgan fingerprint density at radius 1 is 1.07 bits per heavy atom. The van der Waals surface area contributed by atoms with Crippen LogP contribution in [-0.4, -0.2) is 28.2 Å². The third-order valence-electron chi connectivity index (χ3n) is 2.72. The summed E-state index contributed by atoms with van der Waals surface area (Å²) in [5.74, 6) is -0.0847. The van der Waals surface area contributed by atoms with E-state index in [0.29, 0.717) is 0 Å². The van der Waals surface area contributed by atoms with Crippen molar-refractivity contribution in [2.24, 2.45) is 0 Å². The molecule has 84 valence electrons. The smallest absolute Gasteiger partial charge is 0.157 e. The Hall–Kier alpha value is -1.22. The van der Waals surface area contributed by atoms with E-state index in [1.54, 1.807) is 12.1 Å². The van der Waals surface area contributed by atoms with E-state index in [1.807, 2.05) is 6.92 Å². The van der Waals surface area contributed by atoms with Gasteiger partial charge in [-0.05, 0) is 43.3 Å². The minimum absolute atomic E-state index is 0.0391. The predicted octanol–water partition coefficient (Wildman–Crippen LogP) is 2.25. The molecule has 3 nitrogen and oxygen atoms in total. The summed E-state index contributed by atoms with van der Waals surface area (Å²) < 4.78 is 0. The summed E-state index contributed by atoms with van der Waals surface area (Å²) in [6.07, 6.45) is 0. The molecular weight excluding hydrogens is 190 g/mol. The van der Waals surface area contributed by atoms with Crippen molar-refractivity contribution in [3.05, 3.63) is 23.3 Å². The Balaban J connectivity index is 2.89. The molecule has 0 saturated carbocycles. The number of phenolic OH excluding ortho intramolecular Hbond substituents is 2. The molecule has 2 N–H and O–H groups in total. The van der Waals surface area contributed by atoms with Crippen LogP contribution in [-0.2, 0) is 6.54 Å². The molecule has 0 aliphatic heterocycles. The number of hydrogen-bond donors (Lipinski definition) is 2. The average Bonchev–Trinajstić information content (AvgIpc) is 2.21. The van der Waals surface area contributed by atoms with Gasteiger partial charge in [0.15, 0.2) is 11.5 Å². The van der Waals surface area contributed by atoms with Gasteiger partial charge in [-0.1, -0.05) is 13.8 Å². The van der Waals surface area contributed by atoms with Crippen LogP contribution < -0.4 is 0 Å². The lowest BCUT2D eigenvalue weighted by Crippen LogP contribution is -2.22. The summed E-state index contributed by atoms with van der Waals surface area (Å²) in [5, 5.41) is 18.7. The van der Waals surface area contributed by atoms with Gasteiger partial charge in [-0.25, -0.2) is 0 Å². The molecule has 15 heavy (non-hydrogen) atoms. The van der Waals surface area contributed by atoms with Crippen LogP contribution in [0.15, 0.2) is 12.1 Å². The Kier molecular flexibility index (Phi) is 3.97. The van der Waals surface area contributed by atoms with Crippen molar-refractivity contribution in [2.45, 2.75) is 27.3 Å². The van der Waals surface area contributed by atoms with E-state index < -0.39 is 0 Å². The number of rotatable bonds is 4. The Labute approximate surface area is 91.0 Å². The number of benzene rings is 1. The van der Waals surface area contributed by atoms with E-state index in [4.69, 9.17) is 0 Å². The zero-order chi connectivity index (χ0) is 11.4. The van der Waals surface area contributed by atoms with E-state index in [9.17, 15) is 10.2 Å². The Morgan fingerprint density at radius 3 is 2.13 bits per heavy atom. The fraction of sp³-hybridized carbons (Fsp3) is 0.500. The molecule has 0 atom stereocenters. The lowest BCUT2D eigenvalue weighted by molar-refractivity contribution is 0.294. The zero-order valence-electron chi connectivity index (χ0n) is 9.62. The standard InChI is InChI=1S/C12H19NO2/c1-4-13(5-2)8-10-7-12(15)11(14)6-9(10)3/h6-7,14-15H,4-5,8H2,1-3H3. The summed E-state index contributed by atoms with van der Waals surface area (Å²) in [6, 6.07) is 3.25. The number of phenols is 2. The minimum Gasteiger partial charge on any atom is -0.504 e. The van der Waals surface area contributed by atoms with Crippen molar-refractivity contribution in [1.29, 1.82) is 0 Å². The highest BCUT2D eigenvalue weighted by Crippen LogP contribution is 2.28. The van der Waals surface area contributed by atoms with E-state index >= 15 is 0 Å². The topological polar surface area (TPSA) is 43.7 Å². The summed E-state index contributed by atoms with van der Waals surface area (Å²) in [6.45, 7) is 8.94. The molecule has 0 spiro atoms. The first-order valence-electron chi connectivity index (χ1n) is 5.32. The molecule has 0 amide bonds. The first-order chi connectivity index (χ1) is 7.08. The second-order valence-corrected chi connectivity index (χ2v) is 3.73. The van der Waals surface area contributed by atoms with Gasteiger partial charge in [-0.15, -0.1) is 0 Å². The van der Waals surface area contributed by atoms with E-state index in [-0.39, 0.29) is 11.5 Å². The van der Waals surface area contributed by atoms with Crippen LogP contribution in [0.25, 0.3) is 0 Å². The lowest BCUT2D eigenvalue weighted by Gasteiger charge is -2.19. The molecule has 0 aromatic heterocycles. The second kappa shape index (κ2) is 5.03. The van der Waals surface area contributed by atoms with E-state index in [1.165, 1.54) is 0 Å². The molecule has 0 aliphatic rings. The molecule has 0 unspecified atom stereocenters. The molecule has 1 aromatic carbocycles. The molecule has 0 aliphatic carbocycles. The van der Waals surface area contributed by atoms with Crippen molar-refractivity contribution >= 4 is 0 Å². The van der Waals surface area contributed by atoms with Gasteiger partial charge in [0.05, 0.1) is 0 Å². The van der Waals surface area contributed by atoms with Gasteiger partial charge in [-0.3, -0.25) is 4.90 Å². The molecule has 0 fully saturated rings. The maximum Gasteiger partial charge on any atom is 0.157 e. The van der Waals surface area contributed by atoms with E-state index in [0.717, 1.165) is 30.8 Å². The largest absolute Gasteiger partial charge is 0.504 e. The second-order valence-electron chi connectivity index (χ2n) is 3.73. The zero-order valence-corrected chi connectivity index (χ0v) is 9.62. The SMILES string of the molecule is CCN(CC)Cc1cc(O)c(O)cc1C. The van der Waals surface area contributed by atoms with Gasteiger partial charge < -0.3 is 10.2 Å². The van der Waals surface area contributed by atoms with Crippen LogP contribution in [0.5, 0.6) is 11.5 Å². The van der Waals surface area contributed by atoms with Crippen LogP contribution in [0.4, 0.5) is 0 Å². The van der Waals surface area contributed by atoms with Crippen LogP contribution in [0.3, 0.4) is 0 Å². The van der Waals surface area contributed by atoms with Crippen molar-refractivity contribution in [3.63, 3.8) is 0 Å². The van der Waals surface area contributed by atoms with E-state index in [2.05, 4.69) is 18.7 Å². The van der Waals surface area contributed by atoms with Crippen molar-refractivity contribution in [3.8, 4) is 11.5 Å². The van der Waals surface area contributed by atoms with Gasteiger partial charge in [0.1, 0.15) is 0 Å². The highest BCUT2D eigenvalue weighted by Gasteiger charge is 2.08. The molecule has 0 heterocycles. The third-order valence-corrected chi connectivity index (χ3v) is 2.72. The quantitative estimate of drug-likeness (QED) is 0.747. The molecule has 0 saturated heterocycles. The van der Waals surface area contributed by atoms with Gasteiger partial charge in [-0.2, -0.15) is 0 Å². The minimum atomic E-state index is -0.0456. The fourth-order valence-electron chi connectivity index (χ4n) is 1.58. The van der Waals surface area contributed by atoms with Crippen molar-refractivity contribution in [1.82, 2.24) is 4.90 Å². The number of nitrogens with zero attached hydrogens (tertiary/aromatic N) is 1. The number of hydrogen-bond acceptors (Lipinski definition) is 3. The van der Waals surface area contributed by atoms with Gasteiger partial charge in [0, 0.05) is 6.54 Å². The lowest BCUT2D eigenvalue weighted by atomic mass is 10.1. The summed E-state index contributed by atoms with van der Waals surface area (Å²) in [7, 11) is 0. The molecule has 1 rings (SSSR count). The average molecular weight is 209 g/mol. The highest BCUT2D eigenvalue weighted by atomic mass is 16.3. The highest BCUT2D eigenvalue weighted by molar-refractivity contribution is 5.45. The summed E-state index contributed by atoms with van der Waals surface area (Å²) in [4.78, 5) is 2.26. The molecule has 3 heteroatoms. The maximum atomic E-state index is 9.41. The van der Waals surface area contributed by atoms with Gasteiger partial charge in [0.2, 0.25) is 0 Å². The number of aryl methyl sites for hydroxylation is 1. The summed E-state index contributed by atoms with van der Waals surface area (Å²) in [5.41, 5.74) is 2.08. The third kappa shape index (κ3) is 2.86. The van der Waals surface area contributed by atoms with Gasteiger partial charge in [0.25, 0.3) is 0 Å². The van der Waals surface area contributed by atoms with Gasteiger partial charge >= 0.3 is 0 Å². The normalized spacial score (nSPS) is 10.9. The molecule has 0 bridgehead atoms. The molecule has 0 radical (unpaired) electrons. The Morgan fingerprint density at radius 2 is 1.60 bits per heavy atom. The first kappa shape index (κ1) is 11.9. The van der Waals surface area contributed by atoms with Crippen LogP contribution in [0.1, 0.15) is 25.0 Å². The monoisotopic (exact) mass is 209 g/mol. The van der Waals surface area contributed by atoms with Crippen molar-refractivity contribution in [2.75, 3.05) is 13.1 Å².